The Kier molecular flexibility index (Phi) is 7.07. The van der Waals surface area contributed by atoms with E-state index in [0.717, 1.165) is 46.8 Å². The Bertz CT molecular complexity index is 1380. The van der Waals surface area contributed by atoms with Crippen LogP contribution in [0.5, 0.6) is 0 Å². The van der Waals surface area contributed by atoms with E-state index in [1.54, 1.807) is 6.20 Å². The predicted octanol–water partition coefficient (Wildman–Crippen LogP) is 3.88. The average molecular weight is 493 g/mol. The highest BCUT2D eigenvalue weighted by atomic mass is 16.2. The zero-order valence-corrected chi connectivity index (χ0v) is 20.4. The van der Waals surface area contributed by atoms with Crippen LogP contribution in [0.3, 0.4) is 0 Å². The van der Waals surface area contributed by atoms with Crippen LogP contribution < -0.4 is 16.0 Å². The predicted molar refractivity (Wildman–Crippen MR) is 145 cm³/mol. The number of primary amides is 1. The highest BCUT2D eigenvalue weighted by molar-refractivity contribution is 5.94. The summed E-state index contributed by atoms with van der Waals surface area (Å²) in [6.45, 7) is 2.88. The standard InChI is InChI=1S/C29H28N6O2/c30-27(36)19-21-9-11-22(12-10-21)26-13-14-31-29(33-26)32-24-7-4-8-25(20-24)34-15-17-35(18-16-34)28(37)23-5-2-1-3-6-23/h1-14,20H,15-19H2,(H2,30,36)(H,31,32,33). The van der Waals surface area contributed by atoms with Gasteiger partial charge in [0.05, 0.1) is 12.1 Å². The molecule has 186 valence electrons. The summed E-state index contributed by atoms with van der Waals surface area (Å²) in [7, 11) is 0. The number of piperazine rings is 1. The van der Waals surface area contributed by atoms with Gasteiger partial charge < -0.3 is 20.9 Å². The van der Waals surface area contributed by atoms with Crippen molar-refractivity contribution < 1.29 is 9.59 Å². The van der Waals surface area contributed by atoms with E-state index in [4.69, 9.17) is 5.73 Å². The Morgan fingerprint density at radius 1 is 0.865 bits per heavy atom. The zero-order valence-electron chi connectivity index (χ0n) is 20.4. The molecule has 1 aliphatic rings. The Balaban J connectivity index is 1.23. The number of nitrogens with zero attached hydrogens (tertiary/aromatic N) is 4. The van der Waals surface area contributed by atoms with Crippen LogP contribution in [-0.4, -0.2) is 52.9 Å². The number of amides is 2. The van der Waals surface area contributed by atoms with Crippen molar-refractivity contribution in [1.82, 2.24) is 14.9 Å². The highest BCUT2D eigenvalue weighted by Crippen LogP contribution is 2.24. The third kappa shape index (κ3) is 5.92. The van der Waals surface area contributed by atoms with Crippen LogP contribution in [0.1, 0.15) is 15.9 Å². The van der Waals surface area contributed by atoms with Crippen molar-refractivity contribution in [3.8, 4) is 11.3 Å². The van der Waals surface area contributed by atoms with Gasteiger partial charge in [0.1, 0.15) is 0 Å². The van der Waals surface area contributed by atoms with E-state index in [2.05, 4.69) is 32.3 Å². The number of benzene rings is 3. The molecule has 0 aliphatic carbocycles. The van der Waals surface area contributed by atoms with Gasteiger partial charge in [-0.15, -0.1) is 0 Å². The molecular formula is C29H28N6O2. The van der Waals surface area contributed by atoms with Crippen LogP contribution in [0.4, 0.5) is 17.3 Å². The molecule has 2 amide bonds. The lowest BCUT2D eigenvalue weighted by Gasteiger charge is -2.36. The number of aromatic nitrogens is 2. The first kappa shape index (κ1) is 24.0. The second kappa shape index (κ2) is 10.9. The summed E-state index contributed by atoms with van der Waals surface area (Å²) < 4.78 is 0. The van der Waals surface area contributed by atoms with E-state index < -0.39 is 0 Å². The van der Waals surface area contributed by atoms with Crippen molar-refractivity contribution in [2.24, 2.45) is 5.73 Å². The van der Waals surface area contributed by atoms with Crippen LogP contribution in [0, 0.1) is 0 Å². The van der Waals surface area contributed by atoms with Gasteiger partial charge in [0.2, 0.25) is 11.9 Å². The van der Waals surface area contributed by atoms with Crippen molar-refractivity contribution >= 4 is 29.1 Å². The van der Waals surface area contributed by atoms with E-state index in [1.165, 1.54) is 0 Å². The molecule has 5 rings (SSSR count). The van der Waals surface area contributed by atoms with Crippen LogP contribution in [0.2, 0.25) is 0 Å². The normalized spacial score (nSPS) is 13.3. The number of carbonyl (C=O) groups is 2. The smallest absolute Gasteiger partial charge is 0.253 e. The van der Waals surface area contributed by atoms with Crippen LogP contribution in [-0.2, 0) is 11.2 Å². The highest BCUT2D eigenvalue weighted by Gasteiger charge is 2.22. The van der Waals surface area contributed by atoms with Crippen molar-refractivity contribution in [2.75, 3.05) is 36.4 Å². The summed E-state index contributed by atoms with van der Waals surface area (Å²) in [6, 6.07) is 27.0. The minimum atomic E-state index is -0.356. The summed E-state index contributed by atoms with van der Waals surface area (Å²) in [5.74, 6) is 0.218. The number of carbonyl (C=O) groups excluding carboxylic acids is 2. The Labute approximate surface area is 215 Å². The van der Waals surface area contributed by atoms with Crippen molar-refractivity contribution in [2.45, 2.75) is 6.42 Å². The fraction of sp³-hybridized carbons (Fsp3) is 0.172. The molecule has 8 heteroatoms. The van der Waals surface area contributed by atoms with Gasteiger partial charge in [0.25, 0.3) is 5.91 Å². The molecule has 1 saturated heterocycles. The van der Waals surface area contributed by atoms with Crippen LogP contribution in [0.15, 0.2) is 91.1 Å². The lowest BCUT2D eigenvalue weighted by Crippen LogP contribution is -2.48. The fourth-order valence-corrected chi connectivity index (χ4v) is 4.41. The minimum absolute atomic E-state index is 0.0789. The molecule has 8 nitrogen and oxygen atoms in total. The molecule has 4 aromatic rings. The van der Waals surface area contributed by atoms with E-state index >= 15 is 0 Å². The summed E-state index contributed by atoms with van der Waals surface area (Å²) >= 11 is 0. The van der Waals surface area contributed by atoms with Gasteiger partial charge >= 0.3 is 0 Å². The second-order valence-electron chi connectivity index (χ2n) is 8.93. The first-order valence-electron chi connectivity index (χ1n) is 12.2. The molecule has 1 aliphatic heterocycles. The number of nitrogens with two attached hydrogens (primary N) is 1. The van der Waals surface area contributed by atoms with Gasteiger partial charge in [-0.05, 0) is 42.0 Å². The van der Waals surface area contributed by atoms with Crippen LogP contribution >= 0.6 is 0 Å². The average Bonchev–Trinajstić information content (AvgIpc) is 2.94. The summed E-state index contributed by atoms with van der Waals surface area (Å²) in [5, 5.41) is 3.30. The first-order valence-corrected chi connectivity index (χ1v) is 12.2. The molecule has 2 heterocycles. The second-order valence-corrected chi connectivity index (χ2v) is 8.93. The number of rotatable bonds is 7. The number of hydrogen-bond acceptors (Lipinski definition) is 6. The molecule has 37 heavy (non-hydrogen) atoms. The number of anilines is 3. The fourth-order valence-electron chi connectivity index (χ4n) is 4.41. The van der Waals surface area contributed by atoms with E-state index in [9.17, 15) is 9.59 Å². The molecule has 0 bridgehead atoms. The Hall–Kier alpha value is -4.72. The van der Waals surface area contributed by atoms with Gasteiger partial charge in [0.15, 0.2) is 0 Å². The lowest BCUT2D eigenvalue weighted by atomic mass is 10.1. The molecule has 0 atom stereocenters. The third-order valence-corrected chi connectivity index (χ3v) is 6.34. The molecule has 0 spiro atoms. The van der Waals surface area contributed by atoms with Crippen molar-refractivity contribution in [1.29, 1.82) is 0 Å². The van der Waals surface area contributed by atoms with E-state index in [0.29, 0.717) is 19.0 Å². The molecule has 1 aromatic heterocycles. The topological polar surface area (TPSA) is 104 Å². The molecule has 0 unspecified atom stereocenters. The van der Waals surface area contributed by atoms with Crippen molar-refractivity contribution in [3.63, 3.8) is 0 Å². The van der Waals surface area contributed by atoms with Gasteiger partial charge in [-0.2, -0.15) is 0 Å². The van der Waals surface area contributed by atoms with Gasteiger partial charge in [-0.1, -0.05) is 48.5 Å². The van der Waals surface area contributed by atoms with Gasteiger partial charge in [0, 0.05) is 54.9 Å². The Morgan fingerprint density at radius 2 is 1.62 bits per heavy atom. The maximum atomic E-state index is 12.8. The summed E-state index contributed by atoms with van der Waals surface area (Å²) in [6.07, 6.45) is 1.93. The molecule has 0 saturated carbocycles. The molecular weight excluding hydrogens is 464 g/mol. The van der Waals surface area contributed by atoms with Gasteiger partial charge in [-0.3, -0.25) is 9.59 Å². The SMILES string of the molecule is NC(=O)Cc1ccc(-c2ccnc(Nc3cccc(N4CCN(C(=O)c5ccccc5)CC4)c3)n2)cc1. The molecule has 1 fully saturated rings. The maximum Gasteiger partial charge on any atom is 0.253 e. The van der Waals surface area contributed by atoms with Gasteiger partial charge in [-0.25, -0.2) is 9.97 Å². The zero-order chi connectivity index (χ0) is 25.6. The molecule has 3 aromatic carbocycles. The molecule has 0 radical (unpaired) electrons. The maximum absolute atomic E-state index is 12.8. The van der Waals surface area contributed by atoms with E-state index in [1.807, 2.05) is 77.7 Å². The third-order valence-electron chi connectivity index (χ3n) is 6.34. The van der Waals surface area contributed by atoms with Crippen molar-refractivity contribution in [3.05, 3.63) is 102 Å². The van der Waals surface area contributed by atoms with Crippen LogP contribution in [0.25, 0.3) is 11.3 Å². The summed E-state index contributed by atoms with van der Waals surface area (Å²) in [5.41, 5.74) is 10.5. The monoisotopic (exact) mass is 492 g/mol. The molecule has 3 N–H and O–H groups in total. The number of hydrogen-bond donors (Lipinski definition) is 2. The quantitative estimate of drug-likeness (QED) is 0.406. The lowest BCUT2D eigenvalue weighted by molar-refractivity contribution is -0.117. The minimum Gasteiger partial charge on any atom is -0.369 e. The number of nitrogens with one attached hydrogen (secondary N) is 1. The Morgan fingerprint density at radius 3 is 2.35 bits per heavy atom. The van der Waals surface area contributed by atoms with E-state index in [-0.39, 0.29) is 18.2 Å². The summed E-state index contributed by atoms with van der Waals surface area (Å²) in [4.78, 5) is 37.1. The largest absolute Gasteiger partial charge is 0.369 e. The first-order chi connectivity index (χ1) is 18.0.